The third kappa shape index (κ3) is 3.67. The number of ketones is 1. The number of aromatic nitrogens is 3. The topological polar surface area (TPSA) is 47.8 Å². The first kappa shape index (κ1) is 13.8. The summed E-state index contributed by atoms with van der Waals surface area (Å²) in [4.78, 5) is 12.2. The number of carbonyl (C=O) groups excluding carboxylic acids is 1. The van der Waals surface area contributed by atoms with Crippen LogP contribution in [0.2, 0.25) is 0 Å². The summed E-state index contributed by atoms with van der Waals surface area (Å²) < 4.78 is 1.66. The van der Waals surface area contributed by atoms with Gasteiger partial charge in [-0.3, -0.25) is 4.79 Å². The molecular weight excluding hydrogens is 258 g/mol. The van der Waals surface area contributed by atoms with Gasteiger partial charge in [-0.25, -0.2) is 4.68 Å². The van der Waals surface area contributed by atoms with Gasteiger partial charge in [0.15, 0.2) is 5.78 Å². The summed E-state index contributed by atoms with van der Waals surface area (Å²) >= 11 is 1.63. The molecule has 0 aliphatic carbocycles. The Labute approximate surface area is 117 Å². The van der Waals surface area contributed by atoms with E-state index in [2.05, 4.69) is 31.1 Å². The van der Waals surface area contributed by atoms with E-state index in [1.54, 1.807) is 16.4 Å². The number of hydrogen-bond acceptors (Lipinski definition) is 4. The molecule has 1 aromatic heterocycles. The van der Waals surface area contributed by atoms with Gasteiger partial charge in [0.25, 0.3) is 0 Å². The fourth-order valence-electron chi connectivity index (χ4n) is 1.54. The summed E-state index contributed by atoms with van der Waals surface area (Å²) in [5.41, 5.74) is 1.38. The maximum atomic E-state index is 12.2. The van der Waals surface area contributed by atoms with Gasteiger partial charge in [-0.05, 0) is 12.1 Å². The summed E-state index contributed by atoms with van der Waals surface area (Å²) in [5.74, 6) is 0.484. The zero-order valence-electron chi connectivity index (χ0n) is 11.3. The van der Waals surface area contributed by atoms with E-state index in [4.69, 9.17) is 0 Å². The zero-order chi connectivity index (χ0) is 13.9. The molecule has 2 aromatic rings. The fourth-order valence-corrected chi connectivity index (χ4v) is 2.25. The molecular formula is C14H17N3OS. The molecule has 0 amide bonds. The van der Waals surface area contributed by atoms with E-state index < -0.39 is 0 Å². The molecule has 2 rings (SSSR count). The van der Waals surface area contributed by atoms with E-state index in [9.17, 15) is 4.79 Å². The number of para-hydroxylation sites is 1. The molecule has 19 heavy (non-hydrogen) atoms. The van der Waals surface area contributed by atoms with Crippen molar-refractivity contribution in [2.75, 3.05) is 5.75 Å². The maximum absolute atomic E-state index is 12.2. The number of Topliss-reactive ketones (excluding diaryl/α,β-unsaturated/α-hetero) is 1. The monoisotopic (exact) mass is 275 g/mol. The second-order valence-electron chi connectivity index (χ2n) is 5.19. The fraction of sp³-hybridized carbons (Fsp3) is 0.357. The molecule has 0 fully saturated rings. The molecule has 0 atom stereocenters. The van der Waals surface area contributed by atoms with E-state index in [1.807, 2.05) is 30.3 Å². The van der Waals surface area contributed by atoms with Crippen LogP contribution >= 0.6 is 11.8 Å². The zero-order valence-corrected chi connectivity index (χ0v) is 12.1. The predicted molar refractivity (Wildman–Crippen MR) is 77.9 cm³/mol. The molecule has 0 aliphatic heterocycles. The Hall–Kier alpha value is -1.62. The first-order valence-corrected chi connectivity index (χ1v) is 7.09. The summed E-state index contributed by atoms with van der Waals surface area (Å²) in [6, 6.07) is 9.56. The number of carbonyl (C=O) groups is 1. The second kappa shape index (κ2) is 5.57. The van der Waals surface area contributed by atoms with Gasteiger partial charge in [0.05, 0.1) is 17.6 Å². The van der Waals surface area contributed by atoms with Crippen LogP contribution in [0.25, 0.3) is 5.69 Å². The molecule has 1 heterocycles. The minimum absolute atomic E-state index is 0.0498. The Kier molecular flexibility index (Phi) is 4.04. The quantitative estimate of drug-likeness (QED) is 0.805. The van der Waals surface area contributed by atoms with E-state index in [1.165, 1.54) is 6.20 Å². The lowest BCUT2D eigenvalue weighted by molar-refractivity contribution is 0.101. The van der Waals surface area contributed by atoms with Crippen LogP contribution in [0, 0.1) is 0 Å². The van der Waals surface area contributed by atoms with E-state index in [0.717, 1.165) is 5.69 Å². The summed E-state index contributed by atoms with van der Waals surface area (Å²) in [6.07, 6.45) is 1.53. The highest BCUT2D eigenvalue weighted by molar-refractivity contribution is 8.01. The average Bonchev–Trinajstić information content (AvgIpc) is 2.85. The molecule has 0 unspecified atom stereocenters. The van der Waals surface area contributed by atoms with Crippen LogP contribution in [0.4, 0.5) is 0 Å². The smallest absolute Gasteiger partial charge is 0.192 e. The van der Waals surface area contributed by atoms with E-state index in [0.29, 0.717) is 11.4 Å². The first-order valence-electron chi connectivity index (χ1n) is 6.11. The van der Waals surface area contributed by atoms with Crippen molar-refractivity contribution in [3.8, 4) is 5.69 Å². The minimum atomic E-state index is 0.0498. The highest BCUT2D eigenvalue weighted by atomic mass is 32.2. The molecule has 0 bridgehead atoms. The lowest BCUT2D eigenvalue weighted by Gasteiger charge is -2.16. The Morgan fingerprint density at radius 2 is 1.95 bits per heavy atom. The van der Waals surface area contributed by atoms with Gasteiger partial charge < -0.3 is 0 Å². The lowest BCUT2D eigenvalue weighted by Crippen LogP contribution is -2.16. The standard InChI is InChI=1S/C14H17N3OS/c1-14(2,3)19-10-13(18)12-9-15-16-17(12)11-7-5-4-6-8-11/h4-9H,10H2,1-3H3. The number of rotatable bonds is 4. The van der Waals surface area contributed by atoms with Crippen LogP contribution in [-0.4, -0.2) is 31.3 Å². The van der Waals surface area contributed by atoms with E-state index in [-0.39, 0.29) is 10.5 Å². The number of thioether (sulfide) groups is 1. The second-order valence-corrected chi connectivity index (χ2v) is 6.99. The molecule has 100 valence electrons. The van der Waals surface area contributed by atoms with Gasteiger partial charge in [-0.1, -0.05) is 44.2 Å². The largest absolute Gasteiger partial charge is 0.291 e. The maximum Gasteiger partial charge on any atom is 0.192 e. The van der Waals surface area contributed by atoms with Crippen LogP contribution in [0.1, 0.15) is 31.3 Å². The van der Waals surface area contributed by atoms with Crippen molar-refractivity contribution >= 4 is 17.5 Å². The van der Waals surface area contributed by atoms with Crippen molar-refractivity contribution < 1.29 is 4.79 Å². The van der Waals surface area contributed by atoms with Crippen molar-refractivity contribution in [1.29, 1.82) is 0 Å². The summed E-state index contributed by atoms with van der Waals surface area (Å²) in [6.45, 7) is 6.28. The summed E-state index contributed by atoms with van der Waals surface area (Å²) in [7, 11) is 0. The number of hydrogen-bond donors (Lipinski definition) is 0. The van der Waals surface area contributed by atoms with Crippen molar-refractivity contribution in [2.45, 2.75) is 25.5 Å². The van der Waals surface area contributed by atoms with Gasteiger partial charge in [0.1, 0.15) is 5.69 Å². The Bertz CT molecular complexity index is 558. The van der Waals surface area contributed by atoms with Crippen molar-refractivity contribution in [2.24, 2.45) is 0 Å². The molecule has 1 aromatic carbocycles. The molecule has 0 radical (unpaired) electrons. The molecule has 4 nitrogen and oxygen atoms in total. The van der Waals surface area contributed by atoms with E-state index >= 15 is 0 Å². The Morgan fingerprint density at radius 3 is 2.58 bits per heavy atom. The predicted octanol–water partition coefficient (Wildman–Crippen LogP) is 2.98. The highest BCUT2D eigenvalue weighted by Gasteiger charge is 2.18. The van der Waals surface area contributed by atoms with Crippen molar-refractivity contribution in [3.05, 3.63) is 42.2 Å². The first-order chi connectivity index (χ1) is 8.97. The Morgan fingerprint density at radius 1 is 1.26 bits per heavy atom. The van der Waals surface area contributed by atoms with Crippen LogP contribution in [0.3, 0.4) is 0 Å². The van der Waals surface area contributed by atoms with Crippen molar-refractivity contribution in [1.82, 2.24) is 15.0 Å². The lowest BCUT2D eigenvalue weighted by atomic mass is 10.3. The minimum Gasteiger partial charge on any atom is -0.291 e. The number of nitrogens with zero attached hydrogens (tertiary/aromatic N) is 3. The molecule has 5 heteroatoms. The molecule has 0 spiro atoms. The molecule has 0 aliphatic rings. The highest BCUT2D eigenvalue weighted by Crippen LogP contribution is 2.24. The Balaban J connectivity index is 2.18. The van der Waals surface area contributed by atoms with Gasteiger partial charge in [-0.2, -0.15) is 0 Å². The van der Waals surface area contributed by atoms with Crippen molar-refractivity contribution in [3.63, 3.8) is 0 Å². The van der Waals surface area contributed by atoms with Gasteiger partial charge in [-0.15, -0.1) is 16.9 Å². The van der Waals surface area contributed by atoms with Gasteiger partial charge >= 0.3 is 0 Å². The third-order valence-electron chi connectivity index (χ3n) is 2.47. The summed E-state index contributed by atoms with van der Waals surface area (Å²) in [5, 5.41) is 7.84. The van der Waals surface area contributed by atoms with Crippen LogP contribution < -0.4 is 0 Å². The van der Waals surface area contributed by atoms with Crippen LogP contribution in [0.15, 0.2) is 36.5 Å². The third-order valence-corrected chi connectivity index (χ3v) is 3.74. The van der Waals surface area contributed by atoms with Gasteiger partial charge in [0.2, 0.25) is 0 Å². The normalized spacial score (nSPS) is 11.5. The molecule has 0 N–H and O–H groups in total. The average molecular weight is 275 g/mol. The van der Waals surface area contributed by atoms with Crippen LogP contribution in [0.5, 0.6) is 0 Å². The van der Waals surface area contributed by atoms with Gasteiger partial charge in [0, 0.05) is 4.75 Å². The SMILES string of the molecule is CC(C)(C)SCC(=O)c1cnnn1-c1ccccc1. The number of benzene rings is 1. The van der Waals surface area contributed by atoms with Crippen LogP contribution in [-0.2, 0) is 0 Å². The molecule has 0 saturated carbocycles. The molecule has 0 saturated heterocycles.